The fraction of sp³-hybridized carbons (Fsp3) is 0.379. The van der Waals surface area contributed by atoms with Gasteiger partial charge in [0.05, 0.1) is 34.2 Å². The Labute approximate surface area is 226 Å². The Hall–Kier alpha value is -3.22. The van der Waals surface area contributed by atoms with Crippen molar-refractivity contribution in [3.05, 3.63) is 60.6 Å². The zero-order valence-electron chi connectivity index (χ0n) is 22.7. The lowest BCUT2D eigenvalue weighted by atomic mass is 9.97. The molecule has 4 heterocycles. The summed E-state index contributed by atoms with van der Waals surface area (Å²) in [5, 5.41) is 5.02. The number of hydrogen-bond acceptors (Lipinski definition) is 5. The van der Waals surface area contributed by atoms with Gasteiger partial charge in [-0.15, -0.1) is 5.10 Å². The third-order valence-electron chi connectivity index (χ3n) is 7.56. The second kappa shape index (κ2) is 10.5. The normalized spacial score (nSPS) is 15.4. The van der Waals surface area contributed by atoms with Gasteiger partial charge in [0.25, 0.3) is 0 Å². The quantitative estimate of drug-likeness (QED) is 0.316. The van der Waals surface area contributed by atoms with Gasteiger partial charge in [0.15, 0.2) is 0 Å². The maximum Gasteiger partial charge on any atom is 0.241 e. The minimum Gasteiger partial charge on any atom is -0.330 e. The van der Waals surface area contributed by atoms with Crippen molar-refractivity contribution in [1.82, 2.24) is 19.1 Å². The first-order valence-corrected chi connectivity index (χ1v) is 13.8. The summed E-state index contributed by atoms with van der Waals surface area (Å²) in [7, 11) is 6.55. The molecule has 0 spiro atoms. The van der Waals surface area contributed by atoms with E-state index in [9.17, 15) is 0 Å². The van der Waals surface area contributed by atoms with Crippen molar-refractivity contribution < 1.29 is 4.39 Å². The molecule has 9 heteroatoms. The lowest BCUT2D eigenvalue weighted by molar-refractivity contribution is 0.555. The van der Waals surface area contributed by atoms with E-state index in [0.29, 0.717) is 11.6 Å². The van der Waals surface area contributed by atoms with Gasteiger partial charge in [-0.05, 0) is 47.7 Å². The highest BCUT2D eigenvalue weighted by Crippen LogP contribution is 2.53. The molecule has 2 N–H and O–H groups in total. The molecule has 2 aliphatic rings. The van der Waals surface area contributed by atoms with E-state index in [1.165, 1.54) is 17.5 Å². The summed E-state index contributed by atoms with van der Waals surface area (Å²) >= 11 is 0. The number of benzene rings is 1. The molecule has 3 aromatic heterocycles. The first kappa shape index (κ1) is 26.4. The van der Waals surface area contributed by atoms with Crippen LogP contribution in [0, 0.1) is 12.9 Å². The van der Waals surface area contributed by atoms with E-state index in [1.807, 2.05) is 10.5 Å². The predicted molar refractivity (Wildman–Crippen MR) is 159 cm³/mol. The fourth-order valence-electron chi connectivity index (χ4n) is 5.68. The van der Waals surface area contributed by atoms with E-state index in [2.05, 4.69) is 76.0 Å². The van der Waals surface area contributed by atoms with Crippen LogP contribution >= 0.6 is 9.39 Å². The van der Waals surface area contributed by atoms with Gasteiger partial charge in [0, 0.05) is 31.9 Å². The number of fused-ring (bicyclic) bond motifs is 3. The molecule has 0 radical (unpaired) electrons. The number of nitrogens with two attached hydrogens (primary N) is 1. The maximum absolute atomic E-state index is 15.1. The Morgan fingerprint density at radius 2 is 1.92 bits per heavy atom. The van der Waals surface area contributed by atoms with Gasteiger partial charge in [-0.25, -0.2) is 4.98 Å². The largest absolute Gasteiger partial charge is 0.330 e. The number of rotatable bonds is 4. The third kappa shape index (κ3) is 4.30. The number of anilines is 2. The zero-order valence-corrected chi connectivity index (χ0v) is 23.9. The highest BCUT2D eigenvalue weighted by molar-refractivity contribution is 7.15. The van der Waals surface area contributed by atoms with Gasteiger partial charge >= 0.3 is 0 Å². The number of nitrogens with zero attached hydrogens (tertiary/aromatic N) is 6. The molecule has 7 nitrogen and oxygen atoms in total. The summed E-state index contributed by atoms with van der Waals surface area (Å²) in [5.74, 6) is 0.478. The van der Waals surface area contributed by atoms with Gasteiger partial charge < -0.3 is 19.9 Å². The number of aromatic nitrogens is 4. The van der Waals surface area contributed by atoms with Gasteiger partial charge in [0.2, 0.25) is 5.95 Å². The summed E-state index contributed by atoms with van der Waals surface area (Å²) in [6.07, 6.45) is 9.49. The van der Waals surface area contributed by atoms with Crippen LogP contribution in [-0.4, -0.2) is 38.7 Å². The van der Waals surface area contributed by atoms with Crippen LogP contribution in [-0.2, 0) is 7.05 Å². The van der Waals surface area contributed by atoms with Gasteiger partial charge in [-0.2, -0.15) is 4.39 Å². The highest BCUT2D eigenvalue weighted by atomic mass is 31.0. The average Bonchev–Trinajstić information content (AvgIpc) is 3.66. The number of halogens is 1. The monoisotopic (exact) mass is 533 g/mol. The maximum atomic E-state index is 15.1. The van der Waals surface area contributed by atoms with Crippen molar-refractivity contribution in [3.63, 3.8) is 0 Å². The lowest BCUT2D eigenvalue weighted by Gasteiger charge is -2.28. The van der Waals surface area contributed by atoms with Crippen molar-refractivity contribution in [2.24, 2.45) is 12.8 Å². The van der Waals surface area contributed by atoms with Crippen molar-refractivity contribution in [2.45, 2.75) is 52.0 Å². The minimum absolute atomic E-state index is 0.401. The lowest BCUT2D eigenvalue weighted by Crippen LogP contribution is -2.33. The molecule has 0 saturated heterocycles. The van der Waals surface area contributed by atoms with E-state index >= 15 is 4.39 Å². The summed E-state index contributed by atoms with van der Waals surface area (Å²) in [6, 6.07) is 8.78. The summed E-state index contributed by atoms with van der Waals surface area (Å²) in [5.41, 5.74) is 12.3. The third-order valence-corrected chi connectivity index (χ3v) is 8.06. The molecule has 4 aromatic rings. The second-order valence-electron chi connectivity index (χ2n) is 10.2. The van der Waals surface area contributed by atoms with Crippen LogP contribution in [0.1, 0.15) is 44.6 Å². The molecule has 1 unspecified atom stereocenters. The summed E-state index contributed by atoms with van der Waals surface area (Å²) in [6.45, 7) is 9.40. The minimum atomic E-state index is -0.492. The predicted octanol–water partition coefficient (Wildman–Crippen LogP) is 6.21. The average molecular weight is 534 g/mol. The van der Waals surface area contributed by atoms with Crippen LogP contribution in [0.4, 0.5) is 15.8 Å². The van der Waals surface area contributed by atoms with Crippen LogP contribution in [0.15, 0.2) is 49.1 Å². The van der Waals surface area contributed by atoms with Crippen LogP contribution in [0.3, 0.4) is 0 Å². The number of hydrogen-bond donors (Lipinski definition) is 1. The first-order chi connectivity index (χ1) is 18.3. The fourth-order valence-corrected chi connectivity index (χ4v) is 6.14. The molecule has 1 aliphatic carbocycles. The molecular weight excluding hydrogens is 496 g/mol. The summed E-state index contributed by atoms with van der Waals surface area (Å²) in [4.78, 5) is 9.40. The summed E-state index contributed by atoms with van der Waals surface area (Å²) < 4.78 is 18.5. The van der Waals surface area contributed by atoms with Crippen LogP contribution in [0.5, 0.6) is 0 Å². The molecule has 200 valence electrons. The van der Waals surface area contributed by atoms with E-state index in [4.69, 9.17) is 10.7 Å². The smallest absolute Gasteiger partial charge is 0.241 e. The Kier molecular flexibility index (Phi) is 7.30. The number of pyridine rings is 1. The molecule has 1 aromatic carbocycles. The SMILES string of the molecule is C=C1N(C)c2cnc3c(c(-c4cccc(C)c4)c(-c4cn(C)nc4F)n3P)c2N1C1CCCC1.CCCN. The molecule has 1 aliphatic heterocycles. The molecule has 6 rings (SSSR count). The molecule has 0 amide bonds. The standard InChI is InChI=1S/C26H28FN6P.C3H9N/c1-15-8-7-9-17(12-15)21-22-24-20(31(4)16(2)32(24)18-10-5-6-11-18)13-28-26(22)33(34)23(21)19-14-30(3)29-25(19)27;1-2-3-4/h7-9,12-14,18H,2,5-6,10-11,34H2,1,3-4H3;2-4H2,1H3. The first-order valence-electron chi connectivity index (χ1n) is 13.3. The van der Waals surface area contributed by atoms with E-state index in [0.717, 1.165) is 76.4 Å². The molecule has 0 bridgehead atoms. The Morgan fingerprint density at radius 3 is 2.53 bits per heavy atom. The van der Waals surface area contributed by atoms with Gasteiger partial charge in [-0.3, -0.25) is 4.68 Å². The molecule has 1 fully saturated rings. The molecular formula is C29H37FN7P. The zero-order chi connectivity index (χ0) is 27.1. The Balaban J connectivity index is 0.000000689. The van der Waals surface area contributed by atoms with E-state index < -0.39 is 5.95 Å². The Bertz CT molecular complexity index is 1500. The molecule has 1 saturated carbocycles. The van der Waals surface area contributed by atoms with Gasteiger partial charge in [-0.1, -0.05) is 56.2 Å². The Morgan fingerprint density at radius 1 is 1.21 bits per heavy atom. The molecule has 1 atom stereocenters. The number of aryl methyl sites for hydroxylation is 2. The van der Waals surface area contributed by atoms with E-state index in [1.54, 1.807) is 13.2 Å². The highest BCUT2D eigenvalue weighted by Gasteiger charge is 2.38. The van der Waals surface area contributed by atoms with E-state index in [-0.39, 0.29) is 0 Å². The second-order valence-corrected chi connectivity index (χ2v) is 10.7. The van der Waals surface area contributed by atoms with Crippen molar-refractivity contribution >= 4 is 31.8 Å². The van der Waals surface area contributed by atoms with Crippen molar-refractivity contribution in [2.75, 3.05) is 23.4 Å². The molecule has 38 heavy (non-hydrogen) atoms. The van der Waals surface area contributed by atoms with Crippen LogP contribution in [0.25, 0.3) is 33.4 Å². The van der Waals surface area contributed by atoms with Crippen LogP contribution < -0.4 is 15.5 Å². The van der Waals surface area contributed by atoms with Crippen molar-refractivity contribution in [1.29, 1.82) is 0 Å². The van der Waals surface area contributed by atoms with Crippen LogP contribution in [0.2, 0.25) is 0 Å². The van der Waals surface area contributed by atoms with Crippen molar-refractivity contribution in [3.8, 4) is 22.4 Å². The van der Waals surface area contributed by atoms with Gasteiger partial charge in [0.1, 0.15) is 11.5 Å². The topological polar surface area (TPSA) is 68.1 Å².